The Labute approximate surface area is 92.3 Å². The van der Waals surface area contributed by atoms with E-state index in [1.165, 1.54) is 0 Å². The number of Topliss-reactive ketones (excluding diaryl/α,β-unsaturated/α-hetero) is 1. The Hall–Kier alpha value is -1.32. The van der Waals surface area contributed by atoms with Crippen molar-refractivity contribution in [3.63, 3.8) is 0 Å². The van der Waals surface area contributed by atoms with E-state index in [1.807, 2.05) is 13.8 Å². The Morgan fingerprint density at radius 3 is 2.38 bits per heavy atom. The molecule has 1 aromatic rings. The number of carbonyl (C=O) groups excluding carboxylic acids is 1. The average molecular weight is 230 g/mol. The van der Waals surface area contributed by atoms with Crippen LogP contribution >= 0.6 is 0 Å². The maximum absolute atomic E-state index is 13.2. The Bertz CT molecular complexity index is 399. The molecule has 1 aromatic carbocycles. The first-order valence-electron chi connectivity index (χ1n) is 5.10. The third kappa shape index (κ3) is 2.84. The molecule has 0 bridgehead atoms. The van der Waals surface area contributed by atoms with Crippen molar-refractivity contribution in [2.45, 2.75) is 26.7 Å². The van der Waals surface area contributed by atoms with Gasteiger partial charge in [-0.1, -0.05) is 13.8 Å². The Morgan fingerprint density at radius 1 is 1.19 bits per heavy atom. The molecule has 0 atom stereocenters. The normalized spacial score (nSPS) is 10.9. The van der Waals surface area contributed by atoms with E-state index in [1.54, 1.807) is 0 Å². The third-order valence-corrected chi connectivity index (χ3v) is 2.28. The lowest BCUT2D eigenvalue weighted by Gasteiger charge is -2.05. The molecule has 0 saturated heterocycles. The molecule has 0 unspecified atom stereocenters. The Balaban J connectivity index is 2.88. The summed E-state index contributed by atoms with van der Waals surface area (Å²) in [6.45, 7) is 3.85. The fourth-order valence-electron chi connectivity index (χ4n) is 1.30. The molecule has 4 heteroatoms. The van der Waals surface area contributed by atoms with E-state index < -0.39 is 23.2 Å². The fraction of sp³-hybridized carbons (Fsp3) is 0.417. The number of hydrogen-bond acceptors (Lipinski definition) is 1. The lowest BCUT2D eigenvalue weighted by molar-refractivity contribution is 0.0970. The molecule has 0 spiro atoms. The molecule has 0 saturated carbocycles. The maximum Gasteiger partial charge on any atom is 0.195 e. The average Bonchev–Trinajstić information content (AvgIpc) is 2.23. The van der Waals surface area contributed by atoms with Crippen molar-refractivity contribution in [3.8, 4) is 0 Å². The van der Waals surface area contributed by atoms with Crippen LogP contribution in [-0.4, -0.2) is 5.78 Å². The van der Waals surface area contributed by atoms with Crippen LogP contribution in [-0.2, 0) is 0 Å². The molecule has 0 aliphatic heterocycles. The quantitative estimate of drug-likeness (QED) is 0.569. The van der Waals surface area contributed by atoms with Gasteiger partial charge in [0.15, 0.2) is 23.2 Å². The molecule has 0 N–H and O–H groups in total. The minimum absolute atomic E-state index is 0.139. The highest BCUT2D eigenvalue weighted by molar-refractivity contribution is 5.96. The van der Waals surface area contributed by atoms with Gasteiger partial charge in [0.1, 0.15) is 0 Å². The highest BCUT2D eigenvalue weighted by Crippen LogP contribution is 2.18. The number of halogens is 3. The molecular formula is C12H13F3O. The smallest absolute Gasteiger partial charge is 0.195 e. The third-order valence-electron chi connectivity index (χ3n) is 2.28. The van der Waals surface area contributed by atoms with Gasteiger partial charge in [-0.3, -0.25) is 4.79 Å². The van der Waals surface area contributed by atoms with Crippen molar-refractivity contribution < 1.29 is 18.0 Å². The van der Waals surface area contributed by atoms with Gasteiger partial charge in [0, 0.05) is 6.42 Å². The van der Waals surface area contributed by atoms with Crippen molar-refractivity contribution in [3.05, 3.63) is 35.1 Å². The minimum atomic E-state index is -1.59. The minimum Gasteiger partial charge on any atom is -0.294 e. The largest absolute Gasteiger partial charge is 0.294 e. The molecule has 1 nitrogen and oxygen atoms in total. The van der Waals surface area contributed by atoms with Crippen LogP contribution in [0.15, 0.2) is 12.1 Å². The molecule has 0 fully saturated rings. The molecule has 0 radical (unpaired) electrons. The van der Waals surface area contributed by atoms with Crippen LogP contribution in [0.4, 0.5) is 13.2 Å². The van der Waals surface area contributed by atoms with Gasteiger partial charge in [-0.2, -0.15) is 0 Å². The van der Waals surface area contributed by atoms with Crippen molar-refractivity contribution in [1.82, 2.24) is 0 Å². The van der Waals surface area contributed by atoms with Crippen LogP contribution in [0.1, 0.15) is 37.0 Å². The molecule has 0 amide bonds. The predicted octanol–water partition coefficient (Wildman–Crippen LogP) is 3.72. The zero-order valence-corrected chi connectivity index (χ0v) is 9.19. The van der Waals surface area contributed by atoms with Crippen molar-refractivity contribution >= 4 is 5.78 Å². The monoisotopic (exact) mass is 230 g/mol. The zero-order valence-electron chi connectivity index (χ0n) is 9.19. The second kappa shape index (κ2) is 5.14. The van der Waals surface area contributed by atoms with Crippen LogP contribution < -0.4 is 0 Å². The summed E-state index contributed by atoms with van der Waals surface area (Å²) in [7, 11) is 0. The first-order valence-corrected chi connectivity index (χ1v) is 5.10. The Kier molecular flexibility index (Phi) is 4.10. The van der Waals surface area contributed by atoms with Gasteiger partial charge in [0.05, 0.1) is 5.56 Å². The van der Waals surface area contributed by atoms with Crippen molar-refractivity contribution in [1.29, 1.82) is 0 Å². The molecule has 16 heavy (non-hydrogen) atoms. The lowest BCUT2D eigenvalue weighted by Crippen LogP contribution is -2.06. The molecule has 0 aliphatic rings. The van der Waals surface area contributed by atoms with Crippen LogP contribution in [0.3, 0.4) is 0 Å². The molecule has 0 aromatic heterocycles. The summed E-state index contributed by atoms with van der Waals surface area (Å²) in [6.07, 6.45) is 0.733. The van der Waals surface area contributed by atoms with E-state index in [0.717, 1.165) is 12.1 Å². The van der Waals surface area contributed by atoms with Crippen molar-refractivity contribution in [2.75, 3.05) is 0 Å². The molecule has 0 heterocycles. The van der Waals surface area contributed by atoms with Crippen LogP contribution in [0.5, 0.6) is 0 Å². The summed E-state index contributed by atoms with van der Waals surface area (Å²) in [6, 6.07) is 1.75. The first-order chi connectivity index (χ1) is 7.43. The predicted molar refractivity (Wildman–Crippen MR) is 54.7 cm³/mol. The van der Waals surface area contributed by atoms with E-state index in [0.29, 0.717) is 12.3 Å². The highest BCUT2D eigenvalue weighted by Gasteiger charge is 2.18. The van der Waals surface area contributed by atoms with Gasteiger partial charge in [-0.25, -0.2) is 13.2 Å². The zero-order chi connectivity index (χ0) is 12.3. The number of benzene rings is 1. The summed E-state index contributed by atoms with van der Waals surface area (Å²) in [5.41, 5.74) is -0.375. The molecule has 0 aliphatic carbocycles. The maximum atomic E-state index is 13.2. The van der Waals surface area contributed by atoms with Gasteiger partial charge in [-0.15, -0.1) is 0 Å². The number of ketones is 1. The van der Waals surface area contributed by atoms with E-state index in [9.17, 15) is 18.0 Å². The number of carbonyl (C=O) groups is 1. The second-order valence-corrected chi connectivity index (χ2v) is 4.08. The standard InChI is InChI=1S/C12H13F3O/c1-7(2)3-6-10(16)8-4-5-9(13)12(15)11(8)14/h4-5,7H,3,6H2,1-2H3. The van der Waals surface area contributed by atoms with Crippen LogP contribution in [0.2, 0.25) is 0 Å². The summed E-state index contributed by atoms with van der Waals surface area (Å²) >= 11 is 0. The van der Waals surface area contributed by atoms with E-state index in [2.05, 4.69) is 0 Å². The van der Waals surface area contributed by atoms with E-state index in [4.69, 9.17) is 0 Å². The topological polar surface area (TPSA) is 17.1 Å². The summed E-state index contributed by atoms with van der Waals surface area (Å²) in [5.74, 6) is -4.45. The van der Waals surface area contributed by atoms with Gasteiger partial charge in [0.25, 0.3) is 0 Å². The molecule has 1 rings (SSSR count). The Morgan fingerprint density at radius 2 is 1.81 bits per heavy atom. The summed E-state index contributed by atoms with van der Waals surface area (Å²) in [4.78, 5) is 11.5. The van der Waals surface area contributed by atoms with Crippen molar-refractivity contribution in [2.24, 2.45) is 5.92 Å². The highest BCUT2D eigenvalue weighted by atomic mass is 19.2. The summed E-state index contributed by atoms with van der Waals surface area (Å²) in [5, 5.41) is 0. The second-order valence-electron chi connectivity index (χ2n) is 4.08. The molecular weight excluding hydrogens is 217 g/mol. The van der Waals surface area contributed by atoms with E-state index >= 15 is 0 Å². The summed E-state index contributed by atoms with van der Waals surface area (Å²) < 4.78 is 38.7. The van der Waals surface area contributed by atoms with Gasteiger partial charge < -0.3 is 0 Å². The fourth-order valence-corrected chi connectivity index (χ4v) is 1.30. The van der Waals surface area contributed by atoms with Crippen LogP contribution in [0.25, 0.3) is 0 Å². The number of hydrogen-bond donors (Lipinski definition) is 0. The lowest BCUT2D eigenvalue weighted by atomic mass is 10.0. The SMILES string of the molecule is CC(C)CCC(=O)c1ccc(F)c(F)c1F. The van der Waals surface area contributed by atoms with Gasteiger partial charge >= 0.3 is 0 Å². The van der Waals surface area contributed by atoms with Gasteiger partial charge in [-0.05, 0) is 24.5 Å². The van der Waals surface area contributed by atoms with Gasteiger partial charge in [0.2, 0.25) is 0 Å². The van der Waals surface area contributed by atoms with Crippen LogP contribution in [0, 0.1) is 23.4 Å². The number of rotatable bonds is 4. The first kappa shape index (κ1) is 12.7. The molecule has 88 valence electrons. The van der Waals surface area contributed by atoms with E-state index in [-0.39, 0.29) is 12.0 Å².